The van der Waals surface area contributed by atoms with Crippen molar-refractivity contribution in [2.45, 2.75) is 13.0 Å². The van der Waals surface area contributed by atoms with Gasteiger partial charge in [-0.2, -0.15) is 0 Å². The monoisotopic (exact) mass is 356 g/mol. The molecule has 0 bridgehead atoms. The Morgan fingerprint density at radius 2 is 1.88 bits per heavy atom. The van der Waals surface area contributed by atoms with Gasteiger partial charge in [0.25, 0.3) is 11.1 Å². The molecule has 2 aromatic rings. The highest BCUT2D eigenvalue weighted by Crippen LogP contribution is 2.34. The minimum Gasteiger partial charge on any atom is -0.467 e. The van der Waals surface area contributed by atoms with Crippen LogP contribution in [-0.4, -0.2) is 39.7 Å². The van der Waals surface area contributed by atoms with E-state index < -0.39 is 23.2 Å². The van der Waals surface area contributed by atoms with Gasteiger partial charge < -0.3 is 9.30 Å². The molecule has 1 aromatic carbocycles. The van der Waals surface area contributed by atoms with Gasteiger partial charge in [-0.3, -0.25) is 14.5 Å². The molecule has 1 fully saturated rings. The quantitative estimate of drug-likeness (QED) is 0.622. The van der Waals surface area contributed by atoms with Crippen molar-refractivity contribution in [1.29, 1.82) is 0 Å². The number of methoxy groups -OCH3 is 1. The van der Waals surface area contributed by atoms with Crippen molar-refractivity contribution < 1.29 is 19.1 Å². The Labute approximate surface area is 149 Å². The predicted molar refractivity (Wildman–Crippen MR) is 95.1 cm³/mol. The lowest BCUT2D eigenvalue weighted by atomic mass is 10.2. The minimum absolute atomic E-state index is 0.275. The number of thioether (sulfide) groups is 1. The van der Waals surface area contributed by atoms with Crippen LogP contribution in [0.15, 0.2) is 53.6 Å². The number of carbonyl (C=O) groups is 3. The third kappa shape index (κ3) is 3.23. The predicted octanol–water partition coefficient (Wildman–Crippen LogP) is 3.08. The summed E-state index contributed by atoms with van der Waals surface area (Å²) in [6.45, 7) is 1.47. The number of benzene rings is 1. The van der Waals surface area contributed by atoms with Crippen LogP contribution in [0.25, 0.3) is 11.8 Å². The highest BCUT2D eigenvalue weighted by Gasteiger charge is 2.41. The van der Waals surface area contributed by atoms with Crippen LogP contribution in [0.2, 0.25) is 0 Å². The van der Waals surface area contributed by atoms with Crippen molar-refractivity contribution in [1.82, 2.24) is 9.47 Å². The Morgan fingerprint density at radius 1 is 1.16 bits per heavy atom. The van der Waals surface area contributed by atoms with Gasteiger partial charge in [0.15, 0.2) is 0 Å². The van der Waals surface area contributed by atoms with Crippen molar-refractivity contribution in [3.8, 4) is 5.69 Å². The standard InChI is InChI=1S/C18H16N2O4S/c1-12(17(22)24-2)20-16(21)15(25-18(20)23)11-14-9-6-10-19(14)13-7-4-3-5-8-13/h3-12H,1-2H3/b15-11+/t12-/m1/s1. The molecule has 2 amide bonds. The molecule has 1 saturated heterocycles. The number of para-hydroxylation sites is 1. The van der Waals surface area contributed by atoms with Crippen LogP contribution in [0.5, 0.6) is 0 Å². The smallest absolute Gasteiger partial charge is 0.328 e. The first kappa shape index (κ1) is 17.0. The third-order valence-electron chi connectivity index (χ3n) is 3.85. The van der Waals surface area contributed by atoms with Gasteiger partial charge in [-0.05, 0) is 49.0 Å². The van der Waals surface area contributed by atoms with Crippen LogP contribution < -0.4 is 0 Å². The number of aromatic nitrogens is 1. The molecule has 0 radical (unpaired) electrons. The highest BCUT2D eigenvalue weighted by atomic mass is 32.2. The molecule has 7 heteroatoms. The van der Waals surface area contributed by atoms with Crippen LogP contribution in [0.4, 0.5) is 4.79 Å². The molecule has 1 atom stereocenters. The summed E-state index contributed by atoms with van der Waals surface area (Å²) in [6, 6.07) is 12.4. The fraction of sp³-hybridized carbons (Fsp3) is 0.167. The second kappa shape index (κ2) is 6.98. The van der Waals surface area contributed by atoms with Gasteiger partial charge in [-0.25, -0.2) is 4.79 Å². The van der Waals surface area contributed by atoms with Crippen LogP contribution in [0, 0.1) is 0 Å². The summed E-state index contributed by atoms with van der Waals surface area (Å²) in [4.78, 5) is 37.6. The second-order valence-electron chi connectivity index (χ2n) is 5.39. The number of rotatable bonds is 4. The van der Waals surface area contributed by atoms with E-state index in [1.165, 1.54) is 14.0 Å². The fourth-order valence-corrected chi connectivity index (χ4v) is 3.45. The van der Waals surface area contributed by atoms with Crippen LogP contribution in [0.1, 0.15) is 12.6 Å². The first-order valence-corrected chi connectivity index (χ1v) is 8.42. The zero-order valence-electron chi connectivity index (χ0n) is 13.7. The fourth-order valence-electron chi connectivity index (χ4n) is 2.56. The lowest BCUT2D eigenvalue weighted by Crippen LogP contribution is -2.42. The molecule has 1 aromatic heterocycles. The van der Waals surface area contributed by atoms with Crippen LogP contribution >= 0.6 is 11.8 Å². The van der Waals surface area contributed by atoms with Gasteiger partial charge in [0.2, 0.25) is 0 Å². The number of imide groups is 1. The van der Waals surface area contributed by atoms with Crippen molar-refractivity contribution in [3.05, 3.63) is 59.3 Å². The van der Waals surface area contributed by atoms with Crippen LogP contribution in [0.3, 0.4) is 0 Å². The third-order valence-corrected chi connectivity index (χ3v) is 4.73. The number of ether oxygens (including phenoxy) is 1. The topological polar surface area (TPSA) is 68.6 Å². The summed E-state index contributed by atoms with van der Waals surface area (Å²) in [7, 11) is 1.22. The molecule has 2 heterocycles. The Hall–Kier alpha value is -2.80. The first-order valence-electron chi connectivity index (χ1n) is 7.60. The summed E-state index contributed by atoms with van der Waals surface area (Å²) in [5.41, 5.74) is 1.71. The molecule has 0 N–H and O–H groups in total. The SMILES string of the molecule is COC(=O)[C@@H](C)N1C(=O)S/C(=C/c2cccn2-c2ccccc2)C1=O. The summed E-state index contributed by atoms with van der Waals surface area (Å²) >= 11 is 0.818. The van der Waals surface area contributed by atoms with E-state index in [1.54, 1.807) is 6.08 Å². The maximum Gasteiger partial charge on any atom is 0.328 e. The minimum atomic E-state index is -0.954. The van der Waals surface area contributed by atoms with E-state index in [0.717, 1.165) is 28.0 Å². The van der Waals surface area contributed by atoms with Gasteiger partial charge in [0.05, 0.1) is 12.0 Å². The van der Waals surface area contributed by atoms with Crippen molar-refractivity contribution >= 4 is 35.0 Å². The molecule has 0 aliphatic carbocycles. The molecule has 3 rings (SSSR count). The van der Waals surface area contributed by atoms with Crippen molar-refractivity contribution in [3.63, 3.8) is 0 Å². The average molecular weight is 356 g/mol. The number of hydrogen-bond acceptors (Lipinski definition) is 5. The van der Waals surface area contributed by atoms with Gasteiger partial charge >= 0.3 is 5.97 Å². The molecule has 128 valence electrons. The summed E-state index contributed by atoms with van der Waals surface area (Å²) in [5.74, 6) is -1.12. The van der Waals surface area contributed by atoms with E-state index in [-0.39, 0.29) is 4.91 Å². The Bertz CT molecular complexity index is 857. The Morgan fingerprint density at radius 3 is 2.56 bits per heavy atom. The largest absolute Gasteiger partial charge is 0.467 e. The first-order chi connectivity index (χ1) is 12.0. The van der Waals surface area contributed by atoms with E-state index in [9.17, 15) is 14.4 Å². The van der Waals surface area contributed by atoms with Crippen LogP contribution in [-0.2, 0) is 14.3 Å². The van der Waals surface area contributed by atoms with Crippen molar-refractivity contribution in [2.24, 2.45) is 0 Å². The lowest BCUT2D eigenvalue weighted by Gasteiger charge is -2.18. The molecule has 0 spiro atoms. The highest BCUT2D eigenvalue weighted by molar-refractivity contribution is 8.18. The summed E-state index contributed by atoms with van der Waals surface area (Å²) < 4.78 is 6.54. The summed E-state index contributed by atoms with van der Waals surface area (Å²) in [6.07, 6.45) is 3.53. The summed E-state index contributed by atoms with van der Waals surface area (Å²) in [5, 5.41) is -0.480. The number of hydrogen-bond donors (Lipinski definition) is 0. The van der Waals surface area contributed by atoms with Crippen molar-refractivity contribution in [2.75, 3.05) is 7.11 Å². The number of carbonyl (C=O) groups excluding carboxylic acids is 3. The zero-order valence-corrected chi connectivity index (χ0v) is 14.5. The van der Waals surface area contributed by atoms with E-state index in [2.05, 4.69) is 4.74 Å². The zero-order chi connectivity index (χ0) is 18.0. The molecule has 6 nitrogen and oxygen atoms in total. The average Bonchev–Trinajstić information content (AvgIpc) is 3.19. The van der Waals surface area contributed by atoms with E-state index in [4.69, 9.17) is 0 Å². The van der Waals surface area contributed by atoms with Gasteiger partial charge in [0, 0.05) is 17.6 Å². The molecule has 1 aliphatic rings. The van der Waals surface area contributed by atoms with E-state index in [0.29, 0.717) is 0 Å². The van der Waals surface area contributed by atoms with Gasteiger partial charge in [-0.1, -0.05) is 18.2 Å². The molecule has 0 unspecified atom stereocenters. The number of esters is 1. The Balaban J connectivity index is 1.92. The normalized spacial score (nSPS) is 17.2. The van der Waals surface area contributed by atoms with E-state index >= 15 is 0 Å². The van der Waals surface area contributed by atoms with E-state index in [1.807, 2.05) is 53.2 Å². The number of amides is 2. The maximum atomic E-state index is 12.6. The lowest BCUT2D eigenvalue weighted by molar-refractivity contribution is -0.148. The molecule has 25 heavy (non-hydrogen) atoms. The van der Waals surface area contributed by atoms with Gasteiger partial charge in [0.1, 0.15) is 6.04 Å². The number of nitrogens with zero attached hydrogens (tertiary/aromatic N) is 2. The molecular formula is C18H16N2O4S. The molecule has 1 aliphatic heterocycles. The molecular weight excluding hydrogens is 340 g/mol. The van der Waals surface area contributed by atoms with Gasteiger partial charge in [-0.15, -0.1) is 0 Å². The molecule has 0 saturated carbocycles. The Kier molecular flexibility index (Phi) is 4.76. The maximum absolute atomic E-state index is 12.6. The second-order valence-corrected chi connectivity index (χ2v) is 6.38.